The molecule has 0 radical (unpaired) electrons. The molecule has 1 aromatic carbocycles. The highest BCUT2D eigenvalue weighted by Gasteiger charge is 2.07. The Balaban J connectivity index is 2.03. The quantitative estimate of drug-likeness (QED) is 0.732. The van der Waals surface area contributed by atoms with Gasteiger partial charge in [-0.1, -0.05) is 0 Å². The first-order valence-electron chi connectivity index (χ1n) is 6.35. The molecule has 0 N–H and O–H groups in total. The summed E-state index contributed by atoms with van der Waals surface area (Å²) in [6.45, 7) is 0. The van der Waals surface area contributed by atoms with Crippen molar-refractivity contribution in [1.29, 1.82) is 0 Å². The maximum atomic E-state index is 5.16. The molecule has 0 aliphatic carbocycles. The van der Waals surface area contributed by atoms with Gasteiger partial charge in [0, 0.05) is 32.1 Å². The molecule has 2 heterocycles. The molecule has 5 nitrogen and oxygen atoms in total. The monoisotopic (exact) mass is 268 g/mol. The smallest absolute Gasteiger partial charge is 0.236 e. The van der Waals surface area contributed by atoms with Crippen LogP contribution in [-0.4, -0.2) is 35.6 Å². The zero-order valence-corrected chi connectivity index (χ0v) is 11.7. The van der Waals surface area contributed by atoms with E-state index in [-0.39, 0.29) is 0 Å². The van der Waals surface area contributed by atoms with Crippen LogP contribution in [0.2, 0.25) is 0 Å². The van der Waals surface area contributed by atoms with Crippen molar-refractivity contribution in [2.45, 2.75) is 0 Å². The van der Waals surface area contributed by atoms with Gasteiger partial charge in [0.05, 0.1) is 12.8 Å². The van der Waals surface area contributed by atoms with Gasteiger partial charge in [-0.15, -0.1) is 0 Å². The molecule has 5 heteroatoms. The van der Waals surface area contributed by atoms with Gasteiger partial charge in [-0.05, 0) is 30.3 Å². The molecule has 0 unspecified atom stereocenters. The van der Waals surface area contributed by atoms with E-state index >= 15 is 0 Å². The Morgan fingerprint density at radius 2 is 1.80 bits per heavy atom. The molecule has 0 aliphatic rings. The van der Waals surface area contributed by atoms with Gasteiger partial charge in [0.25, 0.3) is 0 Å². The number of ether oxygens (including phenoxy) is 1. The zero-order valence-electron chi connectivity index (χ0n) is 11.7. The molecule has 20 heavy (non-hydrogen) atoms. The van der Waals surface area contributed by atoms with Crippen LogP contribution < -0.4 is 9.64 Å². The van der Waals surface area contributed by atoms with Gasteiger partial charge in [-0.2, -0.15) is 4.98 Å². The fourth-order valence-corrected chi connectivity index (χ4v) is 2.01. The van der Waals surface area contributed by atoms with Crippen molar-refractivity contribution in [3.8, 4) is 17.0 Å². The number of hydrogen-bond acceptors (Lipinski definition) is 4. The van der Waals surface area contributed by atoms with Crippen LogP contribution in [0.3, 0.4) is 0 Å². The van der Waals surface area contributed by atoms with E-state index in [0.29, 0.717) is 5.78 Å². The van der Waals surface area contributed by atoms with Gasteiger partial charge in [-0.3, -0.25) is 4.40 Å². The van der Waals surface area contributed by atoms with E-state index in [1.807, 2.05) is 66.1 Å². The van der Waals surface area contributed by atoms with Crippen LogP contribution in [0.15, 0.2) is 42.7 Å². The first-order valence-corrected chi connectivity index (χ1v) is 6.35. The lowest BCUT2D eigenvalue weighted by molar-refractivity contribution is 0.415. The van der Waals surface area contributed by atoms with Crippen LogP contribution >= 0.6 is 0 Å². The number of rotatable bonds is 3. The average molecular weight is 268 g/mol. The first kappa shape index (κ1) is 12.5. The summed E-state index contributed by atoms with van der Waals surface area (Å²) in [5.74, 6) is 2.43. The molecule has 0 amide bonds. The van der Waals surface area contributed by atoms with Crippen molar-refractivity contribution in [2.24, 2.45) is 0 Å². The molecule has 2 aromatic heterocycles. The lowest BCUT2D eigenvalue weighted by Gasteiger charge is -2.09. The molecule has 0 saturated carbocycles. The van der Waals surface area contributed by atoms with Crippen molar-refractivity contribution in [3.05, 3.63) is 42.7 Å². The van der Waals surface area contributed by atoms with E-state index in [4.69, 9.17) is 4.74 Å². The molecule has 0 fully saturated rings. The van der Waals surface area contributed by atoms with Gasteiger partial charge >= 0.3 is 0 Å². The largest absolute Gasteiger partial charge is 0.497 e. The third kappa shape index (κ3) is 2.18. The number of fused-ring (bicyclic) bond motifs is 1. The van der Waals surface area contributed by atoms with E-state index in [0.717, 1.165) is 22.8 Å². The van der Waals surface area contributed by atoms with Crippen LogP contribution in [0.4, 0.5) is 5.82 Å². The molecule has 0 aliphatic heterocycles. The summed E-state index contributed by atoms with van der Waals surface area (Å²) >= 11 is 0. The van der Waals surface area contributed by atoms with Crippen LogP contribution in [0.5, 0.6) is 5.75 Å². The highest BCUT2D eigenvalue weighted by Crippen LogP contribution is 2.22. The minimum Gasteiger partial charge on any atom is -0.497 e. The van der Waals surface area contributed by atoms with Gasteiger partial charge in [0.2, 0.25) is 5.78 Å². The Morgan fingerprint density at radius 3 is 2.45 bits per heavy atom. The van der Waals surface area contributed by atoms with Gasteiger partial charge in [0.1, 0.15) is 11.6 Å². The highest BCUT2D eigenvalue weighted by molar-refractivity contribution is 5.62. The lowest BCUT2D eigenvalue weighted by Crippen LogP contribution is -2.10. The Hall–Kier alpha value is -2.56. The van der Waals surface area contributed by atoms with Crippen molar-refractivity contribution in [1.82, 2.24) is 14.4 Å². The predicted octanol–water partition coefficient (Wildman–Crippen LogP) is 2.47. The molecule has 0 atom stereocenters. The molecule has 3 aromatic rings. The van der Waals surface area contributed by atoms with Gasteiger partial charge < -0.3 is 9.64 Å². The number of aromatic nitrogens is 3. The van der Waals surface area contributed by atoms with E-state index < -0.39 is 0 Å². The zero-order chi connectivity index (χ0) is 14.1. The molecule has 0 spiro atoms. The number of imidazole rings is 1. The van der Waals surface area contributed by atoms with E-state index in [2.05, 4.69) is 9.97 Å². The Bertz CT molecular complexity index is 731. The minimum absolute atomic E-state index is 0.696. The fourth-order valence-electron chi connectivity index (χ4n) is 2.01. The maximum Gasteiger partial charge on any atom is 0.236 e. The highest BCUT2D eigenvalue weighted by atomic mass is 16.5. The summed E-state index contributed by atoms with van der Waals surface area (Å²) in [6, 6.07) is 9.81. The number of benzene rings is 1. The average Bonchev–Trinajstić information content (AvgIpc) is 2.90. The number of anilines is 1. The van der Waals surface area contributed by atoms with Crippen LogP contribution in [-0.2, 0) is 0 Å². The molecule has 0 bridgehead atoms. The van der Waals surface area contributed by atoms with Crippen molar-refractivity contribution in [2.75, 3.05) is 26.1 Å². The van der Waals surface area contributed by atoms with E-state index in [9.17, 15) is 0 Å². The summed E-state index contributed by atoms with van der Waals surface area (Å²) < 4.78 is 7.09. The number of methoxy groups -OCH3 is 1. The van der Waals surface area contributed by atoms with E-state index in [1.165, 1.54) is 0 Å². The van der Waals surface area contributed by atoms with Gasteiger partial charge in [0.15, 0.2) is 0 Å². The van der Waals surface area contributed by atoms with E-state index in [1.54, 1.807) is 7.11 Å². The summed E-state index contributed by atoms with van der Waals surface area (Å²) in [5, 5.41) is 0. The third-order valence-electron chi connectivity index (χ3n) is 3.16. The van der Waals surface area contributed by atoms with Crippen molar-refractivity contribution in [3.63, 3.8) is 0 Å². The van der Waals surface area contributed by atoms with Crippen molar-refractivity contribution >= 4 is 11.6 Å². The second-order valence-electron chi connectivity index (χ2n) is 4.74. The second kappa shape index (κ2) is 4.85. The SMILES string of the molecule is COc1ccc(-c2cn3ccc(N(C)C)nc3n2)cc1. The molecule has 102 valence electrons. The Labute approximate surface area is 117 Å². The second-order valence-corrected chi connectivity index (χ2v) is 4.74. The molecular weight excluding hydrogens is 252 g/mol. The standard InChI is InChI=1S/C15H16N4O/c1-18(2)14-8-9-19-10-13(16-15(19)17-14)11-4-6-12(20-3)7-5-11/h4-10H,1-3H3. The normalized spacial score (nSPS) is 10.8. The molecule has 3 rings (SSSR count). The summed E-state index contributed by atoms with van der Waals surface area (Å²) in [5.41, 5.74) is 1.94. The Morgan fingerprint density at radius 1 is 1.05 bits per heavy atom. The summed E-state index contributed by atoms with van der Waals surface area (Å²) in [6.07, 6.45) is 3.95. The molecular formula is C15H16N4O. The number of hydrogen-bond donors (Lipinski definition) is 0. The Kier molecular flexibility index (Phi) is 3.02. The van der Waals surface area contributed by atoms with Crippen LogP contribution in [0, 0.1) is 0 Å². The summed E-state index contributed by atoms with van der Waals surface area (Å²) in [4.78, 5) is 11.0. The van der Waals surface area contributed by atoms with Crippen LogP contribution in [0.25, 0.3) is 17.0 Å². The molecule has 0 saturated heterocycles. The lowest BCUT2D eigenvalue weighted by atomic mass is 10.2. The summed E-state index contributed by atoms with van der Waals surface area (Å²) in [7, 11) is 5.59. The van der Waals surface area contributed by atoms with Crippen molar-refractivity contribution < 1.29 is 4.74 Å². The first-order chi connectivity index (χ1) is 9.67. The minimum atomic E-state index is 0.696. The predicted molar refractivity (Wildman–Crippen MR) is 79.3 cm³/mol. The van der Waals surface area contributed by atoms with Gasteiger partial charge in [-0.25, -0.2) is 4.98 Å². The number of nitrogens with zero attached hydrogens (tertiary/aromatic N) is 4. The fraction of sp³-hybridized carbons (Fsp3) is 0.200. The topological polar surface area (TPSA) is 42.7 Å². The third-order valence-corrected chi connectivity index (χ3v) is 3.16. The van der Waals surface area contributed by atoms with Crippen LogP contribution in [0.1, 0.15) is 0 Å². The maximum absolute atomic E-state index is 5.16.